The number of rotatable bonds is 5. The number of hydrogen-bond acceptors (Lipinski definition) is 7. The van der Waals surface area contributed by atoms with Gasteiger partial charge in [0, 0.05) is 13.6 Å². The van der Waals surface area contributed by atoms with Crippen LogP contribution >= 0.6 is 0 Å². The van der Waals surface area contributed by atoms with Gasteiger partial charge >= 0.3 is 5.69 Å². The summed E-state index contributed by atoms with van der Waals surface area (Å²) in [5.74, 6) is 1.22. The Bertz CT molecular complexity index is 514. The molecule has 2 rings (SSSR count). The number of anilines is 2. The molecule has 1 aliphatic heterocycles. The molecule has 21 heavy (non-hydrogen) atoms. The Morgan fingerprint density at radius 1 is 1.38 bits per heavy atom. The summed E-state index contributed by atoms with van der Waals surface area (Å²) < 4.78 is 0. The SMILES string of the molecule is CNc1nc(C)c([N+](=O)[O-])c(NCC2CCN(C)CC2)n1. The predicted octanol–water partition coefficient (Wildman–Crippen LogP) is 1.49. The van der Waals surface area contributed by atoms with Crippen molar-refractivity contribution in [3.8, 4) is 0 Å². The van der Waals surface area contributed by atoms with Crippen molar-refractivity contribution in [2.75, 3.05) is 44.4 Å². The highest BCUT2D eigenvalue weighted by Crippen LogP contribution is 2.27. The summed E-state index contributed by atoms with van der Waals surface area (Å²) in [5.41, 5.74) is 0.326. The van der Waals surface area contributed by atoms with Crippen molar-refractivity contribution in [1.82, 2.24) is 14.9 Å². The lowest BCUT2D eigenvalue weighted by atomic mass is 9.97. The Balaban J connectivity index is 2.10. The van der Waals surface area contributed by atoms with Crippen LogP contribution in [0.2, 0.25) is 0 Å². The van der Waals surface area contributed by atoms with Crippen LogP contribution in [0.5, 0.6) is 0 Å². The number of nitrogens with zero attached hydrogens (tertiary/aromatic N) is 4. The van der Waals surface area contributed by atoms with Gasteiger partial charge in [0.25, 0.3) is 0 Å². The minimum absolute atomic E-state index is 0.0399. The summed E-state index contributed by atoms with van der Waals surface area (Å²) in [6.45, 7) is 4.47. The summed E-state index contributed by atoms with van der Waals surface area (Å²) in [7, 11) is 3.81. The number of piperidine rings is 1. The Morgan fingerprint density at radius 3 is 2.62 bits per heavy atom. The van der Waals surface area contributed by atoms with Crippen molar-refractivity contribution in [1.29, 1.82) is 0 Å². The fourth-order valence-electron chi connectivity index (χ4n) is 2.53. The van der Waals surface area contributed by atoms with Crippen LogP contribution in [-0.2, 0) is 0 Å². The number of nitro groups is 1. The van der Waals surface area contributed by atoms with E-state index in [0.717, 1.165) is 25.9 Å². The molecule has 1 aromatic heterocycles. The van der Waals surface area contributed by atoms with Crippen LogP contribution in [0.4, 0.5) is 17.5 Å². The molecule has 1 aliphatic rings. The summed E-state index contributed by atoms with van der Waals surface area (Å²) >= 11 is 0. The molecule has 0 bridgehead atoms. The van der Waals surface area contributed by atoms with Crippen LogP contribution in [0.15, 0.2) is 0 Å². The van der Waals surface area contributed by atoms with E-state index in [1.807, 2.05) is 0 Å². The van der Waals surface area contributed by atoms with Crippen molar-refractivity contribution in [2.45, 2.75) is 19.8 Å². The van der Waals surface area contributed by atoms with Crippen molar-refractivity contribution in [3.05, 3.63) is 15.8 Å². The highest BCUT2D eigenvalue weighted by molar-refractivity contribution is 5.60. The molecule has 8 nitrogen and oxygen atoms in total. The van der Waals surface area contributed by atoms with E-state index in [-0.39, 0.29) is 5.69 Å². The molecule has 116 valence electrons. The zero-order valence-corrected chi connectivity index (χ0v) is 12.7. The largest absolute Gasteiger partial charge is 0.364 e. The van der Waals surface area contributed by atoms with Gasteiger partial charge in [-0.2, -0.15) is 4.98 Å². The molecule has 0 atom stereocenters. The quantitative estimate of drug-likeness (QED) is 0.627. The predicted molar refractivity (Wildman–Crippen MR) is 81.7 cm³/mol. The van der Waals surface area contributed by atoms with Gasteiger partial charge in [0.05, 0.1) is 4.92 Å². The molecule has 1 saturated heterocycles. The smallest absolute Gasteiger partial charge is 0.332 e. The monoisotopic (exact) mass is 294 g/mol. The molecule has 0 saturated carbocycles. The van der Waals surface area contributed by atoms with E-state index in [1.165, 1.54) is 0 Å². The summed E-state index contributed by atoms with van der Waals surface area (Å²) in [6, 6.07) is 0. The van der Waals surface area contributed by atoms with E-state index in [2.05, 4.69) is 32.5 Å². The number of nitrogens with one attached hydrogen (secondary N) is 2. The van der Waals surface area contributed by atoms with Crippen LogP contribution in [0.1, 0.15) is 18.5 Å². The number of aromatic nitrogens is 2. The third-order valence-corrected chi connectivity index (χ3v) is 3.86. The summed E-state index contributed by atoms with van der Waals surface area (Å²) in [5, 5.41) is 17.2. The van der Waals surface area contributed by atoms with Crippen LogP contribution in [0.3, 0.4) is 0 Å². The van der Waals surface area contributed by atoms with E-state index in [9.17, 15) is 10.1 Å². The number of hydrogen-bond donors (Lipinski definition) is 2. The van der Waals surface area contributed by atoms with Crippen LogP contribution in [0, 0.1) is 23.0 Å². The molecule has 0 spiro atoms. The molecular weight excluding hydrogens is 272 g/mol. The Kier molecular flexibility index (Phi) is 4.89. The topological polar surface area (TPSA) is 96.2 Å². The molecule has 0 aromatic carbocycles. The first-order chi connectivity index (χ1) is 10.0. The Morgan fingerprint density at radius 2 is 2.05 bits per heavy atom. The zero-order valence-electron chi connectivity index (χ0n) is 12.7. The fourth-order valence-corrected chi connectivity index (χ4v) is 2.53. The van der Waals surface area contributed by atoms with E-state index < -0.39 is 4.92 Å². The molecule has 0 amide bonds. The van der Waals surface area contributed by atoms with Gasteiger partial charge in [0.2, 0.25) is 11.8 Å². The number of aryl methyl sites for hydroxylation is 1. The molecule has 0 radical (unpaired) electrons. The highest BCUT2D eigenvalue weighted by atomic mass is 16.6. The summed E-state index contributed by atoms with van der Waals surface area (Å²) in [4.78, 5) is 21.3. The first kappa shape index (κ1) is 15.4. The molecule has 2 heterocycles. The minimum atomic E-state index is -0.425. The van der Waals surface area contributed by atoms with Crippen LogP contribution in [-0.4, -0.2) is 53.5 Å². The van der Waals surface area contributed by atoms with Gasteiger partial charge < -0.3 is 15.5 Å². The van der Waals surface area contributed by atoms with Gasteiger partial charge in [-0.1, -0.05) is 0 Å². The van der Waals surface area contributed by atoms with E-state index in [4.69, 9.17) is 0 Å². The third kappa shape index (κ3) is 3.78. The van der Waals surface area contributed by atoms with Crippen molar-refractivity contribution in [3.63, 3.8) is 0 Å². The molecule has 8 heteroatoms. The molecular formula is C13H22N6O2. The highest BCUT2D eigenvalue weighted by Gasteiger charge is 2.23. The second-order valence-electron chi connectivity index (χ2n) is 5.46. The first-order valence-corrected chi connectivity index (χ1v) is 7.14. The standard InChI is InChI=1S/C13H22N6O2/c1-9-11(19(20)21)12(17-13(14-2)16-9)15-8-10-4-6-18(3)7-5-10/h10H,4-8H2,1-3H3,(H2,14,15,16,17). The van der Waals surface area contributed by atoms with Crippen molar-refractivity contribution in [2.24, 2.45) is 5.92 Å². The first-order valence-electron chi connectivity index (χ1n) is 7.14. The van der Waals surface area contributed by atoms with E-state index >= 15 is 0 Å². The van der Waals surface area contributed by atoms with Crippen molar-refractivity contribution < 1.29 is 4.92 Å². The van der Waals surface area contributed by atoms with Crippen molar-refractivity contribution >= 4 is 17.5 Å². The van der Waals surface area contributed by atoms with Gasteiger partial charge in [-0.25, -0.2) is 4.98 Å². The average molecular weight is 294 g/mol. The normalized spacial score (nSPS) is 16.7. The maximum atomic E-state index is 11.2. The van der Waals surface area contributed by atoms with Gasteiger partial charge in [0.1, 0.15) is 5.69 Å². The van der Waals surface area contributed by atoms with E-state index in [1.54, 1.807) is 14.0 Å². The maximum absolute atomic E-state index is 11.2. The van der Waals surface area contributed by atoms with Gasteiger partial charge in [-0.15, -0.1) is 0 Å². The molecule has 0 aliphatic carbocycles. The second-order valence-corrected chi connectivity index (χ2v) is 5.46. The fraction of sp³-hybridized carbons (Fsp3) is 0.692. The lowest BCUT2D eigenvalue weighted by Crippen LogP contribution is -2.33. The molecule has 1 aromatic rings. The Hall–Kier alpha value is -1.96. The third-order valence-electron chi connectivity index (χ3n) is 3.86. The maximum Gasteiger partial charge on any atom is 0.332 e. The molecule has 2 N–H and O–H groups in total. The lowest BCUT2D eigenvalue weighted by molar-refractivity contribution is -0.385. The van der Waals surface area contributed by atoms with Gasteiger partial charge in [0.15, 0.2) is 0 Å². The van der Waals surface area contributed by atoms with Crippen LogP contribution in [0.25, 0.3) is 0 Å². The average Bonchev–Trinajstić information content (AvgIpc) is 2.45. The lowest BCUT2D eigenvalue weighted by Gasteiger charge is -2.29. The molecule has 0 unspecified atom stereocenters. The van der Waals surface area contributed by atoms with Gasteiger partial charge in [-0.05, 0) is 45.8 Å². The number of likely N-dealkylation sites (tertiary alicyclic amines) is 1. The van der Waals surface area contributed by atoms with Gasteiger partial charge in [-0.3, -0.25) is 10.1 Å². The molecule has 1 fully saturated rings. The zero-order chi connectivity index (χ0) is 15.4. The summed E-state index contributed by atoms with van der Waals surface area (Å²) in [6.07, 6.45) is 2.19. The second kappa shape index (κ2) is 6.66. The van der Waals surface area contributed by atoms with E-state index in [0.29, 0.717) is 29.9 Å². The Labute approximate surface area is 124 Å². The minimum Gasteiger partial charge on any atom is -0.364 e. The van der Waals surface area contributed by atoms with Crippen LogP contribution < -0.4 is 10.6 Å².